The molecule has 1 fully saturated rings. The molecular weight excluding hydrogens is 228 g/mol. The molecule has 0 radical (unpaired) electrons. The first-order chi connectivity index (χ1) is 8.21. The Hall–Kier alpha value is -0.930. The molecule has 0 amide bonds. The Balaban J connectivity index is 2.25. The van der Waals surface area contributed by atoms with Gasteiger partial charge in [0.15, 0.2) is 11.4 Å². The van der Waals surface area contributed by atoms with Crippen molar-refractivity contribution in [1.29, 1.82) is 0 Å². The minimum absolute atomic E-state index is 0.0138. The predicted molar refractivity (Wildman–Crippen MR) is 70.4 cm³/mol. The SMILES string of the molecule is C=C[C@]1(C)CCC([C@@]2(C)OC(C)(C)C=CC2=O)O1. The van der Waals surface area contributed by atoms with Crippen LogP contribution in [0.4, 0.5) is 0 Å². The summed E-state index contributed by atoms with van der Waals surface area (Å²) in [5.74, 6) is -0.0138. The number of hydrogen-bond donors (Lipinski definition) is 0. The summed E-state index contributed by atoms with van der Waals surface area (Å²) in [6.07, 6.45) is 6.71. The van der Waals surface area contributed by atoms with E-state index in [0.29, 0.717) is 0 Å². The van der Waals surface area contributed by atoms with Crippen LogP contribution in [0.25, 0.3) is 0 Å². The minimum atomic E-state index is -0.890. The largest absolute Gasteiger partial charge is 0.364 e. The highest BCUT2D eigenvalue weighted by Crippen LogP contribution is 2.41. The van der Waals surface area contributed by atoms with Crippen molar-refractivity contribution in [1.82, 2.24) is 0 Å². The van der Waals surface area contributed by atoms with Gasteiger partial charge in [-0.1, -0.05) is 6.08 Å². The lowest BCUT2D eigenvalue weighted by molar-refractivity contribution is -0.190. The smallest absolute Gasteiger partial charge is 0.189 e. The maximum atomic E-state index is 12.2. The highest BCUT2D eigenvalue weighted by molar-refractivity contribution is 5.98. The topological polar surface area (TPSA) is 35.5 Å². The van der Waals surface area contributed by atoms with E-state index < -0.39 is 11.2 Å². The third-order valence-electron chi connectivity index (χ3n) is 3.96. The van der Waals surface area contributed by atoms with Gasteiger partial charge in [0.05, 0.1) is 17.3 Å². The van der Waals surface area contributed by atoms with Crippen LogP contribution in [-0.2, 0) is 14.3 Å². The fourth-order valence-electron chi connectivity index (χ4n) is 2.70. The van der Waals surface area contributed by atoms with E-state index in [4.69, 9.17) is 9.47 Å². The van der Waals surface area contributed by atoms with Gasteiger partial charge in [0.25, 0.3) is 0 Å². The predicted octanol–water partition coefficient (Wildman–Crippen LogP) is 2.80. The molecule has 0 aromatic carbocycles. The molecule has 18 heavy (non-hydrogen) atoms. The van der Waals surface area contributed by atoms with Crippen molar-refractivity contribution < 1.29 is 14.3 Å². The zero-order valence-electron chi connectivity index (χ0n) is 11.7. The van der Waals surface area contributed by atoms with E-state index >= 15 is 0 Å². The van der Waals surface area contributed by atoms with Gasteiger partial charge in [-0.15, -0.1) is 6.58 Å². The van der Waals surface area contributed by atoms with E-state index in [2.05, 4.69) is 6.58 Å². The van der Waals surface area contributed by atoms with E-state index in [0.717, 1.165) is 12.8 Å². The number of hydrogen-bond acceptors (Lipinski definition) is 3. The van der Waals surface area contributed by atoms with Crippen LogP contribution in [0.1, 0.15) is 40.5 Å². The highest BCUT2D eigenvalue weighted by Gasteiger charge is 2.52. The summed E-state index contributed by atoms with van der Waals surface area (Å²) in [5.41, 5.74) is -1.67. The Morgan fingerprint density at radius 2 is 2.06 bits per heavy atom. The monoisotopic (exact) mass is 250 g/mol. The maximum absolute atomic E-state index is 12.2. The second-order valence-electron chi connectivity index (χ2n) is 6.17. The molecule has 0 bridgehead atoms. The lowest BCUT2D eigenvalue weighted by Crippen LogP contribution is -2.55. The summed E-state index contributed by atoms with van der Waals surface area (Å²) >= 11 is 0. The summed E-state index contributed by atoms with van der Waals surface area (Å²) in [4.78, 5) is 12.2. The van der Waals surface area contributed by atoms with Gasteiger partial charge in [0.2, 0.25) is 0 Å². The zero-order chi connectivity index (χ0) is 13.6. The van der Waals surface area contributed by atoms with Crippen molar-refractivity contribution in [2.24, 2.45) is 0 Å². The van der Waals surface area contributed by atoms with Crippen LogP contribution in [0.5, 0.6) is 0 Å². The molecule has 0 spiro atoms. The molecule has 3 atom stereocenters. The van der Waals surface area contributed by atoms with Gasteiger partial charge in [0, 0.05) is 0 Å². The molecule has 0 aromatic heterocycles. The Bertz CT molecular complexity index is 410. The average Bonchev–Trinajstić information content (AvgIpc) is 2.68. The summed E-state index contributed by atoms with van der Waals surface area (Å²) < 4.78 is 12.0. The molecule has 3 nitrogen and oxygen atoms in total. The normalized spacial score (nSPS) is 43.1. The van der Waals surface area contributed by atoms with Crippen molar-refractivity contribution in [3.05, 3.63) is 24.8 Å². The van der Waals surface area contributed by atoms with Crippen LogP contribution in [0, 0.1) is 0 Å². The molecule has 100 valence electrons. The minimum Gasteiger partial charge on any atom is -0.364 e. The van der Waals surface area contributed by atoms with Crippen molar-refractivity contribution >= 4 is 5.78 Å². The first-order valence-electron chi connectivity index (χ1n) is 6.46. The molecule has 3 heteroatoms. The van der Waals surface area contributed by atoms with Crippen molar-refractivity contribution in [3.63, 3.8) is 0 Å². The van der Waals surface area contributed by atoms with E-state index in [-0.39, 0.29) is 17.5 Å². The third kappa shape index (κ3) is 2.17. The number of carbonyl (C=O) groups excluding carboxylic acids is 1. The summed E-state index contributed by atoms with van der Waals surface area (Å²) in [5, 5.41) is 0. The van der Waals surface area contributed by atoms with Gasteiger partial charge in [0.1, 0.15) is 0 Å². The van der Waals surface area contributed by atoms with Crippen molar-refractivity contribution in [2.75, 3.05) is 0 Å². The molecule has 1 unspecified atom stereocenters. The first-order valence-corrected chi connectivity index (χ1v) is 6.46. The van der Waals surface area contributed by atoms with E-state index in [1.54, 1.807) is 12.2 Å². The first kappa shape index (κ1) is 13.5. The summed E-state index contributed by atoms with van der Waals surface area (Å²) in [6, 6.07) is 0. The molecular formula is C15H22O3. The van der Waals surface area contributed by atoms with Crippen molar-refractivity contribution in [3.8, 4) is 0 Å². The quantitative estimate of drug-likeness (QED) is 0.707. The van der Waals surface area contributed by atoms with Crippen LogP contribution in [0.2, 0.25) is 0 Å². The summed E-state index contributed by atoms with van der Waals surface area (Å²) in [6.45, 7) is 11.5. The Morgan fingerprint density at radius 3 is 2.61 bits per heavy atom. The summed E-state index contributed by atoms with van der Waals surface area (Å²) in [7, 11) is 0. The number of ketones is 1. The molecule has 0 aromatic rings. The fraction of sp³-hybridized carbons (Fsp3) is 0.667. The molecule has 0 aliphatic carbocycles. The van der Waals surface area contributed by atoms with Crippen LogP contribution < -0.4 is 0 Å². The van der Waals surface area contributed by atoms with Gasteiger partial charge < -0.3 is 9.47 Å². The number of ether oxygens (including phenoxy) is 2. The lowest BCUT2D eigenvalue weighted by Gasteiger charge is -2.42. The molecule has 0 saturated carbocycles. The maximum Gasteiger partial charge on any atom is 0.189 e. The van der Waals surface area contributed by atoms with Gasteiger partial charge in [-0.2, -0.15) is 0 Å². The van der Waals surface area contributed by atoms with Crippen LogP contribution in [-0.4, -0.2) is 28.7 Å². The fourth-order valence-corrected chi connectivity index (χ4v) is 2.70. The number of carbonyl (C=O) groups is 1. The van der Waals surface area contributed by atoms with Gasteiger partial charge >= 0.3 is 0 Å². The van der Waals surface area contributed by atoms with Gasteiger partial charge in [-0.25, -0.2) is 0 Å². The van der Waals surface area contributed by atoms with E-state index in [1.165, 1.54) is 0 Å². The van der Waals surface area contributed by atoms with E-state index in [1.807, 2.05) is 33.8 Å². The van der Waals surface area contributed by atoms with Gasteiger partial charge in [-0.05, 0) is 52.7 Å². The van der Waals surface area contributed by atoms with E-state index in [9.17, 15) is 4.79 Å². The number of rotatable bonds is 2. The van der Waals surface area contributed by atoms with Crippen LogP contribution in [0.15, 0.2) is 24.8 Å². The molecule has 2 aliphatic heterocycles. The lowest BCUT2D eigenvalue weighted by atomic mass is 9.86. The Morgan fingerprint density at radius 1 is 1.39 bits per heavy atom. The molecule has 2 aliphatic rings. The third-order valence-corrected chi connectivity index (χ3v) is 3.96. The molecule has 2 heterocycles. The second-order valence-corrected chi connectivity index (χ2v) is 6.17. The Kier molecular flexibility index (Phi) is 3.03. The van der Waals surface area contributed by atoms with Crippen molar-refractivity contribution in [2.45, 2.75) is 63.4 Å². The molecule has 1 saturated heterocycles. The molecule has 0 N–H and O–H groups in total. The van der Waals surface area contributed by atoms with Gasteiger partial charge in [-0.3, -0.25) is 4.79 Å². The zero-order valence-corrected chi connectivity index (χ0v) is 11.7. The Labute approximate surface area is 109 Å². The molecule has 2 rings (SSSR count). The second kappa shape index (κ2) is 4.04. The standard InChI is InChI=1S/C15H22O3/c1-6-14(4)10-8-12(17-14)15(5)11(16)7-9-13(2,3)18-15/h6-7,9,12H,1,8,10H2,2-5H3/t12?,14-,15+/m1/s1. The average molecular weight is 250 g/mol. The highest BCUT2D eigenvalue weighted by atomic mass is 16.6. The van der Waals surface area contributed by atoms with Crippen LogP contribution in [0.3, 0.4) is 0 Å². The van der Waals surface area contributed by atoms with Crippen LogP contribution >= 0.6 is 0 Å².